The summed E-state index contributed by atoms with van der Waals surface area (Å²) in [6.07, 6.45) is 0.901. The molecule has 0 aliphatic heterocycles. The lowest BCUT2D eigenvalue weighted by Crippen LogP contribution is -2.34. The molecule has 108 valence electrons. The van der Waals surface area contributed by atoms with E-state index in [1.807, 2.05) is 0 Å². The zero-order valence-corrected chi connectivity index (χ0v) is 12.9. The van der Waals surface area contributed by atoms with Crippen molar-refractivity contribution < 1.29 is 14.3 Å². The first kappa shape index (κ1) is 16.6. The van der Waals surface area contributed by atoms with Crippen molar-refractivity contribution in [1.82, 2.24) is 4.90 Å². The molecule has 0 saturated carbocycles. The summed E-state index contributed by atoms with van der Waals surface area (Å²) >= 11 is 7.17. The Balaban J connectivity index is 2.47. The van der Waals surface area contributed by atoms with Crippen molar-refractivity contribution >= 4 is 28.7 Å². The van der Waals surface area contributed by atoms with Crippen molar-refractivity contribution in [2.24, 2.45) is 0 Å². The second-order valence-electron chi connectivity index (χ2n) is 4.14. The maximum atomic E-state index is 12.1. The molecule has 0 unspecified atom stereocenters. The van der Waals surface area contributed by atoms with E-state index in [9.17, 15) is 4.79 Å². The van der Waals surface area contributed by atoms with Gasteiger partial charge < -0.3 is 9.47 Å². The van der Waals surface area contributed by atoms with Gasteiger partial charge in [0.05, 0.1) is 22.4 Å². The Kier molecular flexibility index (Phi) is 8.25. The quantitative estimate of drug-likeness (QED) is 0.492. The Labute approximate surface area is 123 Å². The molecule has 1 aromatic heterocycles. The van der Waals surface area contributed by atoms with E-state index in [1.165, 1.54) is 11.3 Å². The van der Waals surface area contributed by atoms with Crippen LogP contribution in [0, 0.1) is 0 Å². The third-order valence-corrected chi connectivity index (χ3v) is 3.92. The molecule has 0 spiro atoms. The monoisotopic (exact) mass is 305 g/mol. The van der Waals surface area contributed by atoms with Crippen molar-refractivity contribution in [2.45, 2.75) is 6.42 Å². The Hall–Kier alpha value is -0.460. The van der Waals surface area contributed by atoms with Crippen molar-refractivity contribution in [2.75, 3.05) is 47.1 Å². The van der Waals surface area contributed by atoms with Crippen LogP contribution in [0.15, 0.2) is 12.1 Å². The molecule has 0 radical (unpaired) electrons. The summed E-state index contributed by atoms with van der Waals surface area (Å²) in [7, 11) is 3.34. The second-order valence-corrected chi connectivity index (χ2v) is 5.86. The van der Waals surface area contributed by atoms with Gasteiger partial charge in [0, 0.05) is 33.9 Å². The number of halogens is 1. The largest absolute Gasteiger partial charge is 0.385 e. The molecule has 0 bridgehead atoms. The lowest BCUT2D eigenvalue weighted by molar-refractivity contribution is 0.0881. The van der Waals surface area contributed by atoms with Crippen LogP contribution in [0.5, 0.6) is 0 Å². The molecule has 0 aliphatic rings. The molecule has 0 aliphatic carbocycles. The number of thiophene rings is 1. The highest BCUT2D eigenvalue weighted by molar-refractivity contribution is 7.18. The standard InChI is InChI=1S/C13H20ClNO3S/c1-17-8-3-6-15(7-9-18-2)10-11(16)12-4-5-13(14)19-12/h4-5H,3,6-10H2,1-2H3. The summed E-state index contributed by atoms with van der Waals surface area (Å²) in [5.74, 6) is 0.102. The van der Waals surface area contributed by atoms with E-state index in [4.69, 9.17) is 21.1 Å². The number of methoxy groups -OCH3 is 2. The minimum atomic E-state index is 0.102. The maximum Gasteiger partial charge on any atom is 0.186 e. The van der Waals surface area contributed by atoms with Gasteiger partial charge in [-0.1, -0.05) is 11.6 Å². The normalized spacial score (nSPS) is 11.2. The van der Waals surface area contributed by atoms with E-state index < -0.39 is 0 Å². The fourth-order valence-corrected chi connectivity index (χ4v) is 2.64. The van der Waals surface area contributed by atoms with Gasteiger partial charge in [0.2, 0.25) is 0 Å². The lowest BCUT2D eigenvalue weighted by atomic mass is 10.3. The molecule has 0 amide bonds. The predicted molar refractivity (Wildman–Crippen MR) is 78.5 cm³/mol. The molecule has 1 aromatic rings. The van der Waals surface area contributed by atoms with Gasteiger partial charge in [-0.05, 0) is 18.6 Å². The van der Waals surface area contributed by atoms with E-state index in [0.717, 1.165) is 19.5 Å². The van der Waals surface area contributed by atoms with Gasteiger partial charge in [-0.3, -0.25) is 9.69 Å². The van der Waals surface area contributed by atoms with E-state index in [1.54, 1.807) is 26.4 Å². The average Bonchev–Trinajstić information content (AvgIpc) is 2.82. The number of Topliss-reactive ketones (excluding diaryl/α,β-unsaturated/α-hetero) is 1. The van der Waals surface area contributed by atoms with Gasteiger partial charge in [-0.2, -0.15) is 0 Å². The molecule has 6 heteroatoms. The Morgan fingerprint density at radius 1 is 1.26 bits per heavy atom. The fourth-order valence-electron chi connectivity index (χ4n) is 1.67. The Morgan fingerprint density at radius 3 is 2.58 bits per heavy atom. The molecule has 0 N–H and O–H groups in total. The summed E-state index contributed by atoms with van der Waals surface area (Å²) in [6, 6.07) is 3.53. The van der Waals surface area contributed by atoms with Crippen LogP contribution in [-0.4, -0.2) is 57.8 Å². The average molecular weight is 306 g/mol. The molecule has 0 fully saturated rings. The first-order chi connectivity index (χ1) is 9.17. The highest BCUT2D eigenvalue weighted by Gasteiger charge is 2.14. The highest BCUT2D eigenvalue weighted by atomic mass is 35.5. The summed E-state index contributed by atoms with van der Waals surface area (Å²) in [4.78, 5) is 14.9. The Bertz CT molecular complexity index is 384. The molecular weight excluding hydrogens is 286 g/mol. The number of rotatable bonds is 10. The lowest BCUT2D eigenvalue weighted by Gasteiger charge is -2.20. The minimum absolute atomic E-state index is 0.102. The summed E-state index contributed by atoms with van der Waals surface area (Å²) in [6.45, 7) is 3.27. The molecule has 0 aromatic carbocycles. The van der Waals surface area contributed by atoms with E-state index in [2.05, 4.69) is 4.90 Å². The van der Waals surface area contributed by atoms with Gasteiger partial charge in [0.1, 0.15) is 0 Å². The predicted octanol–water partition coefficient (Wildman–Crippen LogP) is 2.57. The topological polar surface area (TPSA) is 38.8 Å². The molecule has 4 nitrogen and oxygen atoms in total. The molecule has 1 rings (SSSR count). The maximum absolute atomic E-state index is 12.1. The number of ketones is 1. The number of ether oxygens (including phenoxy) is 2. The van der Waals surface area contributed by atoms with Crippen LogP contribution in [-0.2, 0) is 9.47 Å². The SMILES string of the molecule is COCCCN(CCOC)CC(=O)c1ccc(Cl)s1. The van der Waals surface area contributed by atoms with Crippen molar-refractivity contribution in [3.63, 3.8) is 0 Å². The van der Waals surface area contributed by atoms with Crippen molar-refractivity contribution in [3.05, 3.63) is 21.3 Å². The summed E-state index contributed by atoms with van der Waals surface area (Å²) in [5.41, 5.74) is 0. The van der Waals surface area contributed by atoms with E-state index in [0.29, 0.717) is 29.0 Å². The zero-order chi connectivity index (χ0) is 14.1. The zero-order valence-electron chi connectivity index (χ0n) is 11.4. The minimum Gasteiger partial charge on any atom is -0.385 e. The third kappa shape index (κ3) is 6.49. The second kappa shape index (κ2) is 9.44. The summed E-state index contributed by atoms with van der Waals surface area (Å²) < 4.78 is 10.7. The van der Waals surface area contributed by atoms with Crippen LogP contribution in [0.3, 0.4) is 0 Å². The number of hydrogen-bond acceptors (Lipinski definition) is 5. The number of hydrogen-bond donors (Lipinski definition) is 0. The van der Waals surface area contributed by atoms with Crippen LogP contribution >= 0.6 is 22.9 Å². The van der Waals surface area contributed by atoms with Crippen LogP contribution in [0.2, 0.25) is 4.34 Å². The molecule has 19 heavy (non-hydrogen) atoms. The van der Waals surface area contributed by atoms with Crippen molar-refractivity contribution in [3.8, 4) is 0 Å². The van der Waals surface area contributed by atoms with Gasteiger partial charge in [-0.15, -0.1) is 11.3 Å². The van der Waals surface area contributed by atoms with Crippen molar-refractivity contribution in [1.29, 1.82) is 0 Å². The van der Waals surface area contributed by atoms with E-state index in [-0.39, 0.29) is 5.78 Å². The number of nitrogens with zero attached hydrogens (tertiary/aromatic N) is 1. The smallest absolute Gasteiger partial charge is 0.186 e. The number of carbonyl (C=O) groups is 1. The van der Waals surface area contributed by atoms with Gasteiger partial charge in [0.15, 0.2) is 5.78 Å². The Morgan fingerprint density at radius 2 is 2.00 bits per heavy atom. The fraction of sp³-hybridized carbons (Fsp3) is 0.615. The first-order valence-electron chi connectivity index (χ1n) is 6.16. The summed E-state index contributed by atoms with van der Waals surface area (Å²) in [5, 5.41) is 0. The van der Waals surface area contributed by atoms with Crippen LogP contribution < -0.4 is 0 Å². The molecular formula is C13H20ClNO3S. The highest BCUT2D eigenvalue weighted by Crippen LogP contribution is 2.21. The van der Waals surface area contributed by atoms with Gasteiger partial charge in [-0.25, -0.2) is 0 Å². The van der Waals surface area contributed by atoms with Crippen LogP contribution in [0.1, 0.15) is 16.1 Å². The molecule has 0 saturated heterocycles. The third-order valence-electron chi connectivity index (χ3n) is 2.65. The van der Waals surface area contributed by atoms with Crippen LogP contribution in [0.25, 0.3) is 0 Å². The molecule has 1 heterocycles. The van der Waals surface area contributed by atoms with Crippen LogP contribution in [0.4, 0.5) is 0 Å². The molecule has 0 atom stereocenters. The first-order valence-corrected chi connectivity index (χ1v) is 7.35. The number of carbonyl (C=O) groups excluding carboxylic acids is 1. The van der Waals surface area contributed by atoms with Gasteiger partial charge in [0.25, 0.3) is 0 Å². The van der Waals surface area contributed by atoms with Gasteiger partial charge >= 0.3 is 0 Å². The van der Waals surface area contributed by atoms with E-state index >= 15 is 0 Å².